The van der Waals surface area contributed by atoms with Crippen LogP contribution in [0.2, 0.25) is 0 Å². The molecule has 0 spiro atoms. The Hall–Kier alpha value is -0.690. The smallest absolute Gasteiger partial charge is 0.207 e. The van der Waals surface area contributed by atoms with Gasteiger partial charge in [-0.1, -0.05) is 22.0 Å². The predicted molar refractivity (Wildman–Crippen MR) is 81.9 cm³/mol. The van der Waals surface area contributed by atoms with Gasteiger partial charge >= 0.3 is 0 Å². The lowest BCUT2D eigenvalue weighted by Crippen LogP contribution is -2.26. The fourth-order valence-corrected chi connectivity index (χ4v) is 4.04. The molecule has 1 atom stereocenters. The molecule has 102 valence electrons. The minimum atomic E-state index is -3.49. The van der Waals surface area contributed by atoms with Crippen LogP contribution in [0.5, 0.6) is 0 Å². The van der Waals surface area contributed by atoms with Gasteiger partial charge in [0, 0.05) is 9.35 Å². The molecular weight excluding hydrogens is 346 g/mol. The van der Waals surface area contributed by atoms with Gasteiger partial charge in [-0.05, 0) is 49.1 Å². The van der Waals surface area contributed by atoms with Crippen molar-refractivity contribution in [1.82, 2.24) is 4.72 Å². The molecule has 1 unspecified atom stereocenters. The maximum Gasteiger partial charge on any atom is 0.241 e. The Balaban J connectivity index is 2.25. The summed E-state index contributed by atoms with van der Waals surface area (Å²) in [5, 5.41) is 1.93. The van der Waals surface area contributed by atoms with Gasteiger partial charge in [-0.15, -0.1) is 11.3 Å². The Labute approximate surface area is 125 Å². The van der Waals surface area contributed by atoms with Crippen LogP contribution in [-0.2, 0) is 10.0 Å². The molecule has 0 aliphatic carbocycles. The minimum absolute atomic E-state index is 0.228. The normalized spacial score (nSPS) is 13.4. The zero-order valence-electron chi connectivity index (χ0n) is 10.6. The molecule has 0 amide bonds. The first-order valence-corrected chi connectivity index (χ1v) is 8.87. The van der Waals surface area contributed by atoms with Crippen LogP contribution < -0.4 is 4.72 Å². The molecule has 1 N–H and O–H groups in total. The van der Waals surface area contributed by atoms with E-state index in [-0.39, 0.29) is 10.9 Å². The molecule has 0 saturated carbocycles. The Kier molecular flexibility index (Phi) is 4.45. The van der Waals surface area contributed by atoms with E-state index >= 15 is 0 Å². The summed E-state index contributed by atoms with van der Waals surface area (Å²) in [6, 6.07) is 8.61. The summed E-state index contributed by atoms with van der Waals surface area (Å²) in [4.78, 5) is 1.29. The number of halogens is 1. The molecule has 0 aliphatic rings. The van der Waals surface area contributed by atoms with Gasteiger partial charge in [0.15, 0.2) is 0 Å². The molecule has 6 heteroatoms. The Morgan fingerprint density at radius 2 is 2.05 bits per heavy atom. The average molecular weight is 360 g/mol. The average Bonchev–Trinajstić information content (AvgIpc) is 2.85. The van der Waals surface area contributed by atoms with E-state index in [0.717, 1.165) is 14.9 Å². The number of benzene rings is 1. The van der Waals surface area contributed by atoms with Crippen LogP contribution in [-0.4, -0.2) is 8.42 Å². The number of sulfonamides is 1. The van der Waals surface area contributed by atoms with Crippen LogP contribution in [0, 0.1) is 6.92 Å². The number of thiophene rings is 1. The third-order valence-electron chi connectivity index (χ3n) is 2.74. The van der Waals surface area contributed by atoms with Crippen LogP contribution >= 0.6 is 27.3 Å². The van der Waals surface area contributed by atoms with E-state index in [4.69, 9.17) is 0 Å². The van der Waals surface area contributed by atoms with Crippen molar-refractivity contribution in [2.45, 2.75) is 24.8 Å². The van der Waals surface area contributed by atoms with Gasteiger partial charge in [-0.25, -0.2) is 13.1 Å². The van der Waals surface area contributed by atoms with Gasteiger partial charge in [0.25, 0.3) is 0 Å². The van der Waals surface area contributed by atoms with Gasteiger partial charge in [-0.2, -0.15) is 0 Å². The summed E-state index contributed by atoms with van der Waals surface area (Å²) in [5.41, 5.74) is 0.895. The summed E-state index contributed by atoms with van der Waals surface area (Å²) in [5.74, 6) is 0. The highest BCUT2D eigenvalue weighted by molar-refractivity contribution is 9.10. The van der Waals surface area contributed by atoms with E-state index in [1.165, 1.54) is 11.3 Å². The highest BCUT2D eigenvalue weighted by atomic mass is 79.9. The van der Waals surface area contributed by atoms with Crippen LogP contribution in [0.25, 0.3) is 0 Å². The van der Waals surface area contributed by atoms with Crippen molar-refractivity contribution in [2.24, 2.45) is 0 Å². The monoisotopic (exact) mass is 359 g/mol. The number of hydrogen-bond acceptors (Lipinski definition) is 3. The van der Waals surface area contributed by atoms with Crippen molar-refractivity contribution in [2.75, 3.05) is 0 Å². The van der Waals surface area contributed by atoms with Crippen molar-refractivity contribution in [3.8, 4) is 0 Å². The Morgan fingerprint density at radius 3 is 2.63 bits per heavy atom. The predicted octanol–water partition coefficient (Wildman–Crippen LogP) is 3.86. The third kappa shape index (κ3) is 3.45. The Bertz CT molecular complexity index is 666. The zero-order valence-corrected chi connectivity index (χ0v) is 13.8. The van der Waals surface area contributed by atoms with Crippen LogP contribution in [0.1, 0.15) is 23.4 Å². The van der Waals surface area contributed by atoms with Gasteiger partial charge < -0.3 is 0 Å². The maximum absolute atomic E-state index is 12.3. The van der Waals surface area contributed by atoms with Crippen molar-refractivity contribution >= 4 is 37.3 Å². The minimum Gasteiger partial charge on any atom is -0.207 e. The second kappa shape index (κ2) is 5.75. The molecule has 2 aromatic rings. The van der Waals surface area contributed by atoms with E-state index in [2.05, 4.69) is 20.7 Å². The lowest BCUT2D eigenvalue weighted by atomic mass is 10.2. The maximum atomic E-state index is 12.3. The Morgan fingerprint density at radius 1 is 1.32 bits per heavy atom. The largest absolute Gasteiger partial charge is 0.241 e. The van der Waals surface area contributed by atoms with Gasteiger partial charge in [0.2, 0.25) is 10.0 Å². The molecule has 19 heavy (non-hydrogen) atoms. The van der Waals surface area contributed by atoms with Crippen LogP contribution in [0.4, 0.5) is 0 Å². The highest BCUT2D eigenvalue weighted by Crippen LogP contribution is 2.23. The van der Waals surface area contributed by atoms with E-state index in [1.807, 2.05) is 31.4 Å². The molecule has 0 saturated heterocycles. The lowest BCUT2D eigenvalue weighted by molar-refractivity contribution is 0.568. The van der Waals surface area contributed by atoms with Crippen molar-refractivity contribution in [1.29, 1.82) is 0 Å². The van der Waals surface area contributed by atoms with E-state index in [9.17, 15) is 8.42 Å². The van der Waals surface area contributed by atoms with Crippen molar-refractivity contribution in [3.05, 3.63) is 50.6 Å². The number of aryl methyl sites for hydroxylation is 1. The fraction of sp³-hybridized carbons (Fsp3) is 0.231. The summed E-state index contributed by atoms with van der Waals surface area (Å²) in [7, 11) is -3.49. The summed E-state index contributed by atoms with van der Waals surface area (Å²) >= 11 is 4.90. The molecular formula is C13H14BrNO2S2. The molecule has 0 radical (unpaired) electrons. The van der Waals surface area contributed by atoms with Gasteiger partial charge in [0.05, 0.1) is 10.9 Å². The molecule has 0 bridgehead atoms. The highest BCUT2D eigenvalue weighted by Gasteiger charge is 2.19. The second-order valence-corrected chi connectivity index (χ2v) is 7.82. The number of nitrogens with one attached hydrogen (secondary N) is 1. The lowest BCUT2D eigenvalue weighted by Gasteiger charge is -2.13. The van der Waals surface area contributed by atoms with Crippen LogP contribution in [0.3, 0.4) is 0 Å². The second-order valence-electron chi connectivity index (χ2n) is 4.27. The van der Waals surface area contributed by atoms with E-state index in [1.54, 1.807) is 18.2 Å². The molecule has 0 fully saturated rings. The zero-order chi connectivity index (χ0) is 14.0. The first-order valence-electron chi connectivity index (χ1n) is 5.72. The number of hydrogen-bond donors (Lipinski definition) is 1. The summed E-state index contributed by atoms with van der Waals surface area (Å²) in [6.07, 6.45) is 0. The molecule has 1 aromatic heterocycles. The first kappa shape index (κ1) is 14.7. The topological polar surface area (TPSA) is 46.2 Å². The quantitative estimate of drug-likeness (QED) is 0.900. The molecule has 3 nitrogen and oxygen atoms in total. The first-order chi connectivity index (χ1) is 8.90. The van der Waals surface area contributed by atoms with Crippen LogP contribution in [0.15, 0.2) is 45.1 Å². The molecule has 1 aromatic carbocycles. The molecule has 0 aliphatic heterocycles. The fourth-order valence-electron chi connectivity index (χ4n) is 1.68. The standard InChI is InChI=1S/C13H14BrNO2S2/c1-9-8-11(5-6-12(9)14)19(16,17)15-10(2)13-4-3-7-18-13/h3-8,10,15H,1-2H3. The third-order valence-corrected chi connectivity index (χ3v) is 6.22. The SMILES string of the molecule is Cc1cc(S(=O)(=O)NC(C)c2cccs2)ccc1Br. The van der Waals surface area contributed by atoms with Gasteiger partial charge in [0.1, 0.15) is 0 Å². The summed E-state index contributed by atoms with van der Waals surface area (Å²) < 4.78 is 28.1. The van der Waals surface area contributed by atoms with Crippen molar-refractivity contribution < 1.29 is 8.42 Å². The number of rotatable bonds is 4. The summed E-state index contributed by atoms with van der Waals surface area (Å²) in [6.45, 7) is 3.71. The van der Waals surface area contributed by atoms with Gasteiger partial charge in [-0.3, -0.25) is 0 Å². The van der Waals surface area contributed by atoms with E-state index in [0.29, 0.717) is 0 Å². The van der Waals surface area contributed by atoms with Crippen molar-refractivity contribution in [3.63, 3.8) is 0 Å². The molecule has 2 rings (SSSR count). The van der Waals surface area contributed by atoms with E-state index < -0.39 is 10.0 Å². The molecule has 1 heterocycles.